The van der Waals surface area contributed by atoms with Crippen molar-refractivity contribution >= 4 is 5.78 Å². The number of ketones is 1. The van der Waals surface area contributed by atoms with E-state index in [4.69, 9.17) is 0 Å². The molecule has 1 saturated carbocycles. The van der Waals surface area contributed by atoms with E-state index in [1.807, 2.05) is 19.1 Å². The van der Waals surface area contributed by atoms with Crippen LogP contribution in [-0.2, 0) is 0 Å². The van der Waals surface area contributed by atoms with Crippen molar-refractivity contribution in [1.82, 2.24) is 4.90 Å². The summed E-state index contributed by atoms with van der Waals surface area (Å²) in [5, 5.41) is 0. The molecule has 0 atom stereocenters. The number of halogens is 3. The topological polar surface area (TPSA) is 20.3 Å². The Bertz CT molecular complexity index is 463. The lowest BCUT2D eigenvalue weighted by Gasteiger charge is -2.22. The standard InChI is InChI=1S/C15H18F3NO/c1-11-2-4-12(5-3-11)14(20)8-9-19(13-6-7-13)10-15(16,17)18/h2-5,13H,6-10H2,1H3. The molecule has 0 saturated heterocycles. The van der Waals surface area contributed by atoms with Crippen LogP contribution in [0.5, 0.6) is 0 Å². The molecule has 0 unspecified atom stereocenters. The van der Waals surface area contributed by atoms with Crippen LogP contribution in [0.1, 0.15) is 35.2 Å². The molecule has 0 amide bonds. The summed E-state index contributed by atoms with van der Waals surface area (Å²) in [6, 6.07) is 7.12. The van der Waals surface area contributed by atoms with Crippen LogP contribution in [0.15, 0.2) is 24.3 Å². The molecule has 0 bridgehead atoms. The first-order chi connectivity index (χ1) is 9.35. The van der Waals surface area contributed by atoms with Crippen LogP contribution < -0.4 is 0 Å². The molecule has 0 N–H and O–H groups in total. The molecule has 2 rings (SSSR count). The highest BCUT2D eigenvalue weighted by Gasteiger charge is 2.37. The molecule has 20 heavy (non-hydrogen) atoms. The van der Waals surface area contributed by atoms with E-state index in [0.29, 0.717) is 5.56 Å². The van der Waals surface area contributed by atoms with Gasteiger partial charge in [-0.3, -0.25) is 9.69 Å². The van der Waals surface area contributed by atoms with Crippen molar-refractivity contribution < 1.29 is 18.0 Å². The minimum atomic E-state index is -4.20. The highest BCUT2D eigenvalue weighted by atomic mass is 19.4. The van der Waals surface area contributed by atoms with E-state index in [2.05, 4.69) is 0 Å². The molecule has 5 heteroatoms. The zero-order valence-corrected chi connectivity index (χ0v) is 11.4. The van der Waals surface area contributed by atoms with Gasteiger partial charge in [0.05, 0.1) is 6.54 Å². The lowest BCUT2D eigenvalue weighted by molar-refractivity contribution is -0.147. The Morgan fingerprint density at radius 2 is 1.85 bits per heavy atom. The molecular formula is C15H18F3NO. The molecule has 1 aromatic carbocycles. The van der Waals surface area contributed by atoms with Crippen molar-refractivity contribution in [3.05, 3.63) is 35.4 Å². The zero-order valence-electron chi connectivity index (χ0n) is 11.4. The maximum Gasteiger partial charge on any atom is 0.401 e. The Morgan fingerprint density at radius 1 is 1.25 bits per heavy atom. The molecule has 1 aromatic rings. The van der Waals surface area contributed by atoms with Crippen LogP contribution in [0.2, 0.25) is 0 Å². The van der Waals surface area contributed by atoms with Crippen LogP contribution in [0.3, 0.4) is 0 Å². The van der Waals surface area contributed by atoms with Gasteiger partial charge in [-0.2, -0.15) is 13.2 Å². The van der Waals surface area contributed by atoms with Crippen LogP contribution in [0, 0.1) is 6.92 Å². The Kier molecular flexibility index (Phi) is 4.48. The number of benzene rings is 1. The third kappa shape index (κ3) is 4.63. The Balaban J connectivity index is 1.89. The zero-order chi connectivity index (χ0) is 14.8. The SMILES string of the molecule is Cc1ccc(C(=O)CCN(CC(F)(F)F)C2CC2)cc1. The van der Waals surface area contributed by atoms with Gasteiger partial charge in [0, 0.05) is 24.6 Å². The van der Waals surface area contributed by atoms with Crippen LogP contribution in [-0.4, -0.2) is 36.0 Å². The molecular weight excluding hydrogens is 267 g/mol. The van der Waals surface area contributed by atoms with Gasteiger partial charge in [-0.15, -0.1) is 0 Å². The molecule has 110 valence electrons. The van der Waals surface area contributed by atoms with Crippen molar-refractivity contribution in [3.8, 4) is 0 Å². The number of alkyl halides is 3. The minimum Gasteiger partial charge on any atom is -0.294 e. The lowest BCUT2D eigenvalue weighted by Crippen LogP contribution is -2.37. The number of aryl methyl sites for hydroxylation is 1. The first-order valence-electron chi connectivity index (χ1n) is 6.76. The number of rotatable bonds is 6. The largest absolute Gasteiger partial charge is 0.401 e. The summed E-state index contributed by atoms with van der Waals surface area (Å²) in [5.41, 5.74) is 1.62. The fourth-order valence-electron chi connectivity index (χ4n) is 2.19. The molecule has 1 fully saturated rings. The Labute approximate surface area is 116 Å². The lowest BCUT2D eigenvalue weighted by atomic mass is 10.1. The second-order valence-corrected chi connectivity index (χ2v) is 5.36. The number of Topliss-reactive ketones (excluding diaryl/α,β-unsaturated/α-hetero) is 1. The van der Waals surface area contributed by atoms with Gasteiger partial charge >= 0.3 is 6.18 Å². The summed E-state index contributed by atoms with van der Waals surface area (Å²) in [5.74, 6) is -0.0992. The highest BCUT2D eigenvalue weighted by Crippen LogP contribution is 2.30. The number of nitrogens with zero attached hydrogens (tertiary/aromatic N) is 1. The van der Waals surface area contributed by atoms with Gasteiger partial charge in [0.25, 0.3) is 0 Å². The Hall–Kier alpha value is -1.36. The smallest absolute Gasteiger partial charge is 0.294 e. The maximum atomic E-state index is 12.5. The molecule has 0 spiro atoms. The number of hydrogen-bond acceptors (Lipinski definition) is 2. The Morgan fingerprint density at radius 3 is 2.35 bits per heavy atom. The second-order valence-electron chi connectivity index (χ2n) is 5.36. The average molecular weight is 285 g/mol. The minimum absolute atomic E-state index is 0.00226. The van der Waals surface area contributed by atoms with Crippen LogP contribution >= 0.6 is 0 Å². The second kappa shape index (κ2) is 5.95. The number of carbonyl (C=O) groups excluding carboxylic acids is 1. The summed E-state index contributed by atoms with van der Waals surface area (Å²) in [7, 11) is 0. The monoisotopic (exact) mass is 285 g/mol. The summed E-state index contributed by atoms with van der Waals surface area (Å²) in [6.07, 6.45) is -2.46. The fraction of sp³-hybridized carbons (Fsp3) is 0.533. The fourth-order valence-corrected chi connectivity index (χ4v) is 2.19. The van der Waals surface area contributed by atoms with E-state index in [1.165, 1.54) is 4.90 Å². The summed E-state index contributed by atoms with van der Waals surface area (Å²) < 4.78 is 37.4. The van der Waals surface area contributed by atoms with Crippen LogP contribution in [0.4, 0.5) is 13.2 Å². The number of hydrogen-bond donors (Lipinski definition) is 0. The van der Waals surface area contributed by atoms with Crippen molar-refractivity contribution in [1.29, 1.82) is 0 Å². The first kappa shape index (κ1) is 15.0. The number of carbonyl (C=O) groups is 1. The van der Waals surface area contributed by atoms with Crippen molar-refractivity contribution in [2.75, 3.05) is 13.1 Å². The van der Waals surface area contributed by atoms with E-state index in [-0.39, 0.29) is 24.8 Å². The normalized spacial score (nSPS) is 15.7. The summed E-state index contributed by atoms with van der Waals surface area (Å²) in [4.78, 5) is 13.3. The van der Waals surface area contributed by atoms with E-state index >= 15 is 0 Å². The maximum absolute atomic E-state index is 12.5. The summed E-state index contributed by atoms with van der Waals surface area (Å²) in [6.45, 7) is 1.18. The molecule has 1 aliphatic carbocycles. The van der Waals surface area contributed by atoms with E-state index in [0.717, 1.165) is 18.4 Å². The molecule has 0 aromatic heterocycles. The molecule has 0 heterocycles. The molecule has 1 aliphatic rings. The van der Waals surface area contributed by atoms with Gasteiger partial charge < -0.3 is 0 Å². The van der Waals surface area contributed by atoms with Gasteiger partial charge in [0.2, 0.25) is 0 Å². The quantitative estimate of drug-likeness (QED) is 0.744. The van der Waals surface area contributed by atoms with Gasteiger partial charge in [0.15, 0.2) is 5.78 Å². The predicted octanol–water partition coefficient (Wildman–Crippen LogP) is 3.59. The predicted molar refractivity (Wildman–Crippen MR) is 70.8 cm³/mol. The first-order valence-corrected chi connectivity index (χ1v) is 6.76. The van der Waals surface area contributed by atoms with E-state index in [9.17, 15) is 18.0 Å². The third-order valence-corrected chi connectivity index (χ3v) is 3.45. The molecule has 0 aliphatic heterocycles. The van der Waals surface area contributed by atoms with Crippen LogP contribution in [0.25, 0.3) is 0 Å². The average Bonchev–Trinajstić information content (AvgIpc) is 3.17. The molecule has 2 nitrogen and oxygen atoms in total. The van der Waals surface area contributed by atoms with Gasteiger partial charge in [-0.1, -0.05) is 29.8 Å². The van der Waals surface area contributed by atoms with Crippen molar-refractivity contribution in [2.24, 2.45) is 0 Å². The van der Waals surface area contributed by atoms with Crippen molar-refractivity contribution in [3.63, 3.8) is 0 Å². The third-order valence-electron chi connectivity index (χ3n) is 3.45. The van der Waals surface area contributed by atoms with Gasteiger partial charge in [0.1, 0.15) is 0 Å². The molecule has 0 radical (unpaired) electrons. The van der Waals surface area contributed by atoms with Gasteiger partial charge in [-0.05, 0) is 19.8 Å². The summed E-state index contributed by atoms with van der Waals surface area (Å²) >= 11 is 0. The van der Waals surface area contributed by atoms with E-state index < -0.39 is 12.7 Å². The highest BCUT2D eigenvalue weighted by molar-refractivity contribution is 5.96. The van der Waals surface area contributed by atoms with Crippen molar-refractivity contribution in [2.45, 2.75) is 38.4 Å². The van der Waals surface area contributed by atoms with Gasteiger partial charge in [-0.25, -0.2) is 0 Å². The van der Waals surface area contributed by atoms with E-state index in [1.54, 1.807) is 12.1 Å².